The second kappa shape index (κ2) is 9.51. The number of benzene rings is 3. The number of aromatic hydroxyl groups is 1. The maximum absolute atomic E-state index is 10.4. The Morgan fingerprint density at radius 3 is 1.93 bits per heavy atom. The lowest BCUT2D eigenvalue weighted by Crippen LogP contribution is -2.21. The van der Waals surface area contributed by atoms with Crippen molar-refractivity contribution in [3.05, 3.63) is 95.6 Å². The van der Waals surface area contributed by atoms with Gasteiger partial charge in [-0.2, -0.15) is 5.10 Å². The molecule has 0 aliphatic rings. The lowest BCUT2D eigenvalue weighted by Gasteiger charge is -2.21. The van der Waals surface area contributed by atoms with Crippen LogP contribution in [0.5, 0.6) is 5.75 Å². The van der Waals surface area contributed by atoms with E-state index in [0.717, 1.165) is 35.6 Å². The summed E-state index contributed by atoms with van der Waals surface area (Å²) in [5.41, 5.74) is 4.41. The molecule has 4 nitrogen and oxygen atoms in total. The molecule has 0 unspecified atom stereocenters. The molecule has 0 aliphatic heterocycles. The molecule has 0 saturated heterocycles. The zero-order chi connectivity index (χ0) is 19.8. The molecular formula is C24H25N3O. The summed E-state index contributed by atoms with van der Waals surface area (Å²) in [5.74, 6) is 0.198. The fraction of sp³-hybridized carbons (Fsp3) is 0.167. The number of anilines is 1. The van der Waals surface area contributed by atoms with Crippen LogP contribution in [0.3, 0.4) is 0 Å². The molecule has 1 N–H and O–H groups in total. The molecule has 0 saturated carbocycles. The summed E-state index contributed by atoms with van der Waals surface area (Å²) in [6, 6.07) is 25.6. The zero-order valence-corrected chi connectivity index (χ0v) is 16.3. The normalized spacial score (nSPS) is 10.8. The van der Waals surface area contributed by atoms with E-state index in [2.05, 4.69) is 29.0 Å². The molecule has 4 heteroatoms. The van der Waals surface area contributed by atoms with Gasteiger partial charge < -0.3 is 10.0 Å². The molecule has 0 atom stereocenters. The van der Waals surface area contributed by atoms with E-state index in [9.17, 15) is 5.11 Å². The largest absolute Gasteiger partial charge is 0.507 e. The van der Waals surface area contributed by atoms with Crippen molar-refractivity contribution in [2.75, 3.05) is 18.0 Å². The summed E-state index contributed by atoms with van der Waals surface area (Å²) in [6.45, 7) is 5.98. The first-order chi connectivity index (χ1) is 13.7. The summed E-state index contributed by atoms with van der Waals surface area (Å²) < 4.78 is 0. The molecule has 28 heavy (non-hydrogen) atoms. The first kappa shape index (κ1) is 19.4. The van der Waals surface area contributed by atoms with Crippen LogP contribution in [0.1, 0.15) is 30.5 Å². The standard InChI is InChI=1S/C24H25N3O/c1-3-27(4-2)22-16-15-21(23(28)17-22)18-25-26-24(19-11-7-5-8-12-19)20-13-9-6-10-14-20/h5-18,28H,3-4H2,1-2H3/b25-18-. The lowest BCUT2D eigenvalue weighted by atomic mass is 10.0. The van der Waals surface area contributed by atoms with E-state index in [0.29, 0.717) is 5.56 Å². The topological polar surface area (TPSA) is 48.2 Å². The second-order valence-corrected chi connectivity index (χ2v) is 6.34. The lowest BCUT2D eigenvalue weighted by molar-refractivity contribution is 0.474. The number of hydrogen-bond acceptors (Lipinski definition) is 4. The van der Waals surface area contributed by atoms with Gasteiger partial charge >= 0.3 is 0 Å². The van der Waals surface area contributed by atoms with Gasteiger partial charge in [0, 0.05) is 41.5 Å². The number of phenols is 1. The van der Waals surface area contributed by atoms with Crippen molar-refractivity contribution < 1.29 is 5.11 Å². The molecule has 3 rings (SSSR count). The highest BCUT2D eigenvalue weighted by atomic mass is 16.3. The van der Waals surface area contributed by atoms with Gasteiger partial charge in [-0.3, -0.25) is 0 Å². The van der Waals surface area contributed by atoms with Crippen molar-refractivity contribution in [2.45, 2.75) is 13.8 Å². The first-order valence-electron chi connectivity index (χ1n) is 9.52. The Hall–Kier alpha value is -3.40. The predicted molar refractivity (Wildman–Crippen MR) is 118 cm³/mol. The van der Waals surface area contributed by atoms with Crippen LogP contribution in [-0.2, 0) is 0 Å². The number of rotatable bonds is 7. The average Bonchev–Trinajstić information content (AvgIpc) is 2.74. The Morgan fingerprint density at radius 1 is 0.857 bits per heavy atom. The van der Waals surface area contributed by atoms with Crippen molar-refractivity contribution >= 4 is 17.6 Å². The fourth-order valence-corrected chi connectivity index (χ4v) is 3.05. The van der Waals surface area contributed by atoms with Crippen molar-refractivity contribution in [1.29, 1.82) is 0 Å². The summed E-state index contributed by atoms with van der Waals surface area (Å²) >= 11 is 0. The van der Waals surface area contributed by atoms with Gasteiger partial charge in [0.15, 0.2) is 0 Å². The number of phenolic OH excluding ortho intramolecular Hbond substituents is 1. The Labute approximate surface area is 166 Å². The van der Waals surface area contributed by atoms with Gasteiger partial charge in [0.05, 0.1) is 6.21 Å². The molecule has 0 radical (unpaired) electrons. The second-order valence-electron chi connectivity index (χ2n) is 6.34. The highest BCUT2D eigenvalue weighted by molar-refractivity contribution is 6.13. The molecule has 0 fully saturated rings. The van der Waals surface area contributed by atoms with Crippen molar-refractivity contribution in [2.24, 2.45) is 10.2 Å². The molecular weight excluding hydrogens is 346 g/mol. The van der Waals surface area contributed by atoms with Crippen LogP contribution in [-0.4, -0.2) is 30.1 Å². The van der Waals surface area contributed by atoms with Gasteiger partial charge in [0.1, 0.15) is 11.5 Å². The minimum Gasteiger partial charge on any atom is -0.507 e. The molecule has 3 aromatic carbocycles. The molecule has 0 heterocycles. The number of hydrogen-bond donors (Lipinski definition) is 1. The first-order valence-corrected chi connectivity index (χ1v) is 9.52. The van der Waals surface area contributed by atoms with Crippen LogP contribution < -0.4 is 4.90 Å². The molecule has 0 spiro atoms. The van der Waals surface area contributed by atoms with E-state index in [4.69, 9.17) is 0 Å². The molecule has 142 valence electrons. The van der Waals surface area contributed by atoms with Crippen LogP contribution >= 0.6 is 0 Å². The van der Waals surface area contributed by atoms with Crippen LogP contribution in [0.2, 0.25) is 0 Å². The van der Waals surface area contributed by atoms with E-state index >= 15 is 0 Å². The van der Waals surface area contributed by atoms with Gasteiger partial charge in [0.2, 0.25) is 0 Å². The van der Waals surface area contributed by atoms with Crippen molar-refractivity contribution in [1.82, 2.24) is 0 Å². The van der Waals surface area contributed by atoms with Gasteiger partial charge in [-0.15, -0.1) is 5.10 Å². The average molecular weight is 371 g/mol. The van der Waals surface area contributed by atoms with E-state index in [-0.39, 0.29) is 5.75 Å². The fourth-order valence-electron chi connectivity index (χ4n) is 3.05. The van der Waals surface area contributed by atoms with E-state index in [1.54, 1.807) is 12.3 Å². The van der Waals surface area contributed by atoms with Gasteiger partial charge in [-0.25, -0.2) is 0 Å². The van der Waals surface area contributed by atoms with Crippen molar-refractivity contribution in [3.8, 4) is 5.75 Å². The Bertz CT molecular complexity index is 905. The smallest absolute Gasteiger partial charge is 0.126 e. The van der Waals surface area contributed by atoms with Crippen molar-refractivity contribution in [3.63, 3.8) is 0 Å². The Kier molecular flexibility index (Phi) is 6.58. The SMILES string of the molecule is CCN(CC)c1ccc(/C=N\N=C(c2ccccc2)c2ccccc2)c(O)c1. The van der Waals surface area contributed by atoms with E-state index in [1.165, 1.54) is 0 Å². The summed E-state index contributed by atoms with van der Waals surface area (Å²) in [4.78, 5) is 2.18. The van der Waals surface area contributed by atoms with Gasteiger partial charge in [-0.05, 0) is 26.0 Å². The third-order valence-corrected chi connectivity index (χ3v) is 4.59. The third kappa shape index (κ3) is 4.65. The highest BCUT2D eigenvalue weighted by Crippen LogP contribution is 2.23. The van der Waals surface area contributed by atoms with Crippen LogP contribution in [0.15, 0.2) is 89.1 Å². The maximum Gasteiger partial charge on any atom is 0.126 e. The van der Waals surface area contributed by atoms with E-state index < -0.39 is 0 Å². The molecule has 0 aliphatic carbocycles. The maximum atomic E-state index is 10.4. The molecule has 0 amide bonds. The predicted octanol–water partition coefficient (Wildman–Crippen LogP) is 5.11. The van der Waals surface area contributed by atoms with Gasteiger partial charge in [0.25, 0.3) is 0 Å². The van der Waals surface area contributed by atoms with Crippen LogP contribution in [0, 0.1) is 0 Å². The summed E-state index contributed by atoms with van der Waals surface area (Å²) in [7, 11) is 0. The highest BCUT2D eigenvalue weighted by Gasteiger charge is 2.07. The monoisotopic (exact) mass is 371 g/mol. The summed E-state index contributed by atoms with van der Waals surface area (Å²) in [5, 5.41) is 19.1. The Morgan fingerprint density at radius 2 is 1.43 bits per heavy atom. The minimum absolute atomic E-state index is 0.198. The van der Waals surface area contributed by atoms with E-state index in [1.807, 2.05) is 72.8 Å². The van der Waals surface area contributed by atoms with Crippen LogP contribution in [0.4, 0.5) is 5.69 Å². The minimum atomic E-state index is 0.198. The quantitative estimate of drug-likeness (QED) is 0.463. The summed E-state index contributed by atoms with van der Waals surface area (Å²) in [6.07, 6.45) is 1.59. The number of nitrogens with zero attached hydrogens (tertiary/aromatic N) is 3. The Balaban J connectivity index is 1.90. The van der Waals surface area contributed by atoms with Crippen LogP contribution in [0.25, 0.3) is 0 Å². The molecule has 0 bridgehead atoms. The third-order valence-electron chi connectivity index (χ3n) is 4.59. The van der Waals surface area contributed by atoms with Gasteiger partial charge in [-0.1, -0.05) is 60.7 Å². The zero-order valence-electron chi connectivity index (χ0n) is 16.3. The molecule has 3 aromatic rings. The molecule has 0 aromatic heterocycles.